The lowest BCUT2D eigenvalue weighted by Crippen LogP contribution is -2.33. The topological polar surface area (TPSA) is 16.8 Å². The summed E-state index contributed by atoms with van der Waals surface area (Å²) in [6.45, 7) is 0.832. The van der Waals surface area contributed by atoms with Gasteiger partial charge in [0.1, 0.15) is 0 Å². The molecule has 4 aromatic carbocycles. The molecule has 0 aliphatic carbocycles. The molecular formula is C23H17N2+. The lowest BCUT2D eigenvalue weighted by atomic mass is 9.94. The monoisotopic (exact) mass is 321 g/mol. The Hall–Kier alpha value is -3.26. The molecule has 5 aromatic rings. The molecule has 25 heavy (non-hydrogen) atoms. The Morgan fingerprint density at radius 1 is 0.640 bits per heavy atom. The number of hydrogen-bond acceptors (Lipinski definition) is 1. The minimum Gasteiger partial charge on any atom is -0.252 e. The van der Waals surface area contributed by atoms with Gasteiger partial charge in [-0.3, -0.25) is 4.98 Å². The fourth-order valence-electron chi connectivity index (χ4n) is 3.65. The van der Waals surface area contributed by atoms with Gasteiger partial charge in [-0.15, -0.1) is 0 Å². The van der Waals surface area contributed by atoms with Gasteiger partial charge in [-0.1, -0.05) is 48.5 Å². The second kappa shape index (κ2) is 5.67. The van der Waals surface area contributed by atoms with Gasteiger partial charge in [0, 0.05) is 5.56 Å². The van der Waals surface area contributed by atoms with Gasteiger partial charge in [-0.05, 0) is 50.5 Å². The zero-order valence-corrected chi connectivity index (χ0v) is 13.8. The van der Waals surface area contributed by atoms with E-state index in [2.05, 4.69) is 76.3 Å². The van der Waals surface area contributed by atoms with E-state index in [0.29, 0.717) is 0 Å². The fourth-order valence-corrected chi connectivity index (χ4v) is 3.65. The molecule has 2 heteroatoms. The van der Waals surface area contributed by atoms with Crippen LogP contribution in [0.5, 0.6) is 0 Å². The van der Waals surface area contributed by atoms with Crippen LogP contribution in [-0.4, -0.2) is 4.98 Å². The van der Waals surface area contributed by atoms with Crippen LogP contribution in [0.4, 0.5) is 0 Å². The molecule has 0 unspecified atom stereocenters. The Morgan fingerprint density at radius 3 is 2.08 bits per heavy atom. The summed E-state index contributed by atoms with van der Waals surface area (Å²) in [7, 11) is 0. The maximum absolute atomic E-state index is 4.13. The molecule has 0 bridgehead atoms. The van der Waals surface area contributed by atoms with Crippen molar-refractivity contribution in [3.8, 4) is 0 Å². The van der Waals surface area contributed by atoms with E-state index in [4.69, 9.17) is 0 Å². The van der Waals surface area contributed by atoms with Crippen molar-refractivity contribution in [3.05, 3.63) is 97.1 Å². The first-order chi connectivity index (χ1) is 12.4. The van der Waals surface area contributed by atoms with Gasteiger partial charge in [-0.25, -0.2) is 0 Å². The van der Waals surface area contributed by atoms with Crippen molar-refractivity contribution in [1.29, 1.82) is 0 Å². The quantitative estimate of drug-likeness (QED) is 0.334. The Labute approximate surface area is 146 Å². The van der Waals surface area contributed by atoms with E-state index >= 15 is 0 Å². The standard InChI is InChI=1S/C23H17N2/c1-2-6-18-15-22-20(13-17(18)5-1)14-19-7-3-4-8-21(19)23(22)16-25-11-9-24-10-12-25/h1-15H,16H2/q+1. The Balaban J connectivity index is 1.87. The average Bonchev–Trinajstić information content (AvgIpc) is 2.67. The van der Waals surface area contributed by atoms with Crippen molar-refractivity contribution in [2.24, 2.45) is 0 Å². The van der Waals surface area contributed by atoms with Crippen molar-refractivity contribution in [3.63, 3.8) is 0 Å². The highest BCUT2D eigenvalue weighted by atomic mass is 14.9. The average molecular weight is 321 g/mol. The van der Waals surface area contributed by atoms with Gasteiger partial charge in [0.05, 0.1) is 12.4 Å². The molecule has 0 fully saturated rings. The Kier molecular flexibility index (Phi) is 3.20. The van der Waals surface area contributed by atoms with Gasteiger partial charge in [0.25, 0.3) is 0 Å². The molecule has 0 atom stereocenters. The SMILES string of the molecule is c1ccc2cc3c(C[n+]4ccncc4)c4ccccc4cc3cc2c1. The molecule has 1 aromatic heterocycles. The van der Waals surface area contributed by atoms with Crippen LogP contribution in [0.15, 0.2) is 91.5 Å². The molecule has 0 radical (unpaired) electrons. The Morgan fingerprint density at radius 2 is 1.28 bits per heavy atom. The third kappa shape index (κ3) is 2.43. The first-order valence-electron chi connectivity index (χ1n) is 8.51. The van der Waals surface area contributed by atoms with E-state index in [1.807, 2.05) is 24.8 Å². The highest BCUT2D eigenvalue weighted by Gasteiger charge is 2.12. The first kappa shape index (κ1) is 14.1. The normalized spacial score (nSPS) is 11.4. The van der Waals surface area contributed by atoms with Gasteiger partial charge in [0.2, 0.25) is 0 Å². The smallest absolute Gasteiger partial charge is 0.187 e. The third-order valence-electron chi connectivity index (χ3n) is 4.87. The molecule has 0 aliphatic heterocycles. The highest BCUT2D eigenvalue weighted by molar-refractivity contribution is 6.07. The largest absolute Gasteiger partial charge is 0.252 e. The summed E-state index contributed by atoms with van der Waals surface area (Å²) in [5, 5.41) is 7.78. The molecule has 0 saturated carbocycles. The molecule has 118 valence electrons. The summed E-state index contributed by atoms with van der Waals surface area (Å²) in [6.07, 6.45) is 7.72. The molecule has 5 rings (SSSR count). The third-order valence-corrected chi connectivity index (χ3v) is 4.87. The lowest BCUT2D eigenvalue weighted by Gasteiger charge is -2.11. The van der Waals surface area contributed by atoms with E-state index in [0.717, 1.165) is 6.54 Å². The van der Waals surface area contributed by atoms with E-state index < -0.39 is 0 Å². The van der Waals surface area contributed by atoms with Crippen LogP contribution in [0.25, 0.3) is 32.3 Å². The summed E-state index contributed by atoms with van der Waals surface area (Å²) >= 11 is 0. The van der Waals surface area contributed by atoms with Gasteiger partial charge >= 0.3 is 0 Å². The highest BCUT2D eigenvalue weighted by Crippen LogP contribution is 2.31. The van der Waals surface area contributed by atoms with Crippen LogP contribution in [0, 0.1) is 0 Å². The van der Waals surface area contributed by atoms with Gasteiger partial charge in [0.15, 0.2) is 18.9 Å². The summed E-state index contributed by atoms with van der Waals surface area (Å²) < 4.78 is 2.18. The second-order valence-electron chi connectivity index (χ2n) is 6.41. The van der Waals surface area contributed by atoms with Crippen molar-refractivity contribution in [1.82, 2.24) is 4.98 Å². The second-order valence-corrected chi connectivity index (χ2v) is 6.41. The van der Waals surface area contributed by atoms with Crippen LogP contribution < -0.4 is 4.57 Å². The number of hydrogen-bond donors (Lipinski definition) is 0. The summed E-state index contributed by atoms with van der Waals surface area (Å²) in [5.74, 6) is 0. The zero-order valence-electron chi connectivity index (χ0n) is 13.8. The first-order valence-corrected chi connectivity index (χ1v) is 8.51. The predicted molar refractivity (Wildman–Crippen MR) is 102 cm³/mol. The van der Waals surface area contributed by atoms with E-state index in [-0.39, 0.29) is 0 Å². The number of benzene rings is 4. The predicted octanol–water partition coefficient (Wildman–Crippen LogP) is 4.88. The van der Waals surface area contributed by atoms with Crippen molar-refractivity contribution < 1.29 is 4.57 Å². The molecule has 0 aliphatic rings. The molecule has 1 heterocycles. The number of aromatic nitrogens is 2. The van der Waals surface area contributed by atoms with Crippen LogP contribution in [-0.2, 0) is 6.54 Å². The maximum atomic E-state index is 4.13. The van der Waals surface area contributed by atoms with Crippen molar-refractivity contribution in [2.45, 2.75) is 6.54 Å². The summed E-state index contributed by atoms with van der Waals surface area (Å²) in [4.78, 5) is 4.13. The molecule has 2 nitrogen and oxygen atoms in total. The van der Waals surface area contributed by atoms with E-state index in [1.54, 1.807) is 0 Å². The van der Waals surface area contributed by atoms with E-state index in [1.165, 1.54) is 37.9 Å². The van der Waals surface area contributed by atoms with Gasteiger partial charge in [-0.2, -0.15) is 4.57 Å². The van der Waals surface area contributed by atoms with Crippen LogP contribution >= 0.6 is 0 Å². The van der Waals surface area contributed by atoms with Crippen molar-refractivity contribution in [2.75, 3.05) is 0 Å². The Bertz CT molecular complexity index is 1210. The minimum atomic E-state index is 0.832. The number of rotatable bonds is 2. The summed E-state index contributed by atoms with van der Waals surface area (Å²) in [5.41, 5.74) is 1.36. The van der Waals surface area contributed by atoms with Crippen LogP contribution in [0.1, 0.15) is 5.56 Å². The van der Waals surface area contributed by atoms with E-state index in [9.17, 15) is 0 Å². The summed E-state index contributed by atoms with van der Waals surface area (Å²) in [6, 6.07) is 24.2. The maximum Gasteiger partial charge on any atom is 0.187 e. The number of nitrogens with zero attached hydrogens (tertiary/aromatic N) is 2. The zero-order chi connectivity index (χ0) is 16.6. The minimum absolute atomic E-state index is 0.832. The number of fused-ring (bicyclic) bond motifs is 3. The molecule has 0 spiro atoms. The molecular weight excluding hydrogens is 304 g/mol. The van der Waals surface area contributed by atoms with Crippen molar-refractivity contribution >= 4 is 32.3 Å². The molecule has 0 N–H and O–H groups in total. The van der Waals surface area contributed by atoms with Crippen LogP contribution in [0.2, 0.25) is 0 Å². The molecule has 0 saturated heterocycles. The van der Waals surface area contributed by atoms with Crippen LogP contribution in [0.3, 0.4) is 0 Å². The lowest BCUT2D eigenvalue weighted by molar-refractivity contribution is -0.688. The molecule has 0 amide bonds. The van der Waals surface area contributed by atoms with Gasteiger partial charge < -0.3 is 0 Å². The fraction of sp³-hybridized carbons (Fsp3) is 0.0435.